The summed E-state index contributed by atoms with van der Waals surface area (Å²) in [6.07, 6.45) is 3.87. The lowest BCUT2D eigenvalue weighted by molar-refractivity contribution is -0.117. The van der Waals surface area contributed by atoms with Crippen molar-refractivity contribution in [3.63, 3.8) is 0 Å². The molecule has 2 aliphatic heterocycles. The van der Waals surface area contributed by atoms with E-state index in [2.05, 4.69) is 10.6 Å². The molecule has 1 fully saturated rings. The van der Waals surface area contributed by atoms with E-state index in [1.165, 1.54) is 18.2 Å². The van der Waals surface area contributed by atoms with E-state index in [-0.39, 0.29) is 29.7 Å². The second-order valence-electron chi connectivity index (χ2n) is 12.3. The Morgan fingerprint density at radius 3 is 2.58 bits per heavy atom. The summed E-state index contributed by atoms with van der Waals surface area (Å²) in [5, 5.41) is 15.7. The molecule has 9 nitrogen and oxygen atoms in total. The normalized spacial score (nSPS) is 18.8. The number of aromatic carboxylic acids is 1. The third-order valence-electron chi connectivity index (χ3n) is 8.85. The van der Waals surface area contributed by atoms with Gasteiger partial charge in [-0.15, -0.1) is 0 Å². The van der Waals surface area contributed by atoms with Gasteiger partial charge in [0.1, 0.15) is 23.9 Å². The Hall–Kier alpha value is -4.93. The van der Waals surface area contributed by atoms with Crippen molar-refractivity contribution in [2.75, 3.05) is 32.2 Å². The lowest BCUT2D eigenvalue weighted by Crippen LogP contribution is -2.47. The fourth-order valence-corrected chi connectivity index (χ4v) is 6.30. The van der Waals surface area contributed by atoms with Crippen molar-refractivity contribution < 1.29 is 38.0 Å². The molecule has 0 bridgehead atoms. The Morgan fingerprint density at radius 2 is 1.85 bits per heavy atom. The zero-order valence-corrected chi connectivity index (χ0v) is 27.0. The number of carbonyl (C=O) groups is 2. The van der Waals surface area contributed by atoms with Gasteiger partial charge in [0.05, 0.1) is 18.8 Å². The first-order valence-corrected chi connectivity index (χ1v) is 16.1. The lowest BCUT2D eigenvalue weighted by atomic mass is 9.81. The van der Waals surface area contributed by atoms with E-state index in [0.717, 1.165) is 36.8 Å². The summed E-state index contributed by atoms with van der Waals surface area (Å²) in [7, 11) is 1.58. The van der Waals surface area contributed by atoms with E-state index in [0.29, 0.717) is 53.8 Å². The molecular formula is C38H39FN2O7. The van der Waals surface area contributed by atoms with Crippen molar-refractivity contribution in [1.82, 2.24) is 5.32 Å². The minimum Gasteiger partial charge on any atom is -0.497 e. The Labute approximate surface area is 279 Å². The largest absolute Gasteiger partial charge is 0.497 e. The maximum atomic E-state index is 15.4. The third-order valence-corrected chi connectivity index (χ3v) is 8.85. The van der Waals surface area contributed by atoms with Gasteiger partial charge in [0, 0.05) is 48.5 Å². The first-order valence-electron chi connectivity index (χ1n) is 16.1. The predicted molar refractivity (Wildman–Crippen MR) is 180 cm³/mol. The minimum atomic E-state index is -1.05. The Balaban J connectivity index is 1.28. The molecule has 4 aromatic carbocycles. The number of carboxylic acids is 1. The van der Waals surface area contributed by atoms with Gasteiger partial charge in [-0.2, -0.15) is 0 Å². The van der Waals surface area contributed by atoms with Gasteiger partial charge in [0.2, 0.25) is 5.91 Å². The number of anilines is 1. The van der Waals surface area contributed by atoms with Gasteiger partial charge >= 0.3 is 5.97 Å². The van der Waals surface area contributed by atoms with Crippen LogP contribution in [0.25, 0.3) is 11.1 Å². The highest BCUT2D eigenvalue weighted by Crippen LogP contribution is 2.42. The number of nitrogens with one attached hydrogen (secondary N) is 2. The molecule has 0 radical (unpaired) electrons. The number of methoxy groups -OCH3 is 1. The van der Waals surface area contributed by atoms with Crippen LogP contribution < -0.4 is 24.8 Å². The predicted octanol–water partition coefficient (Wildman–Crippen LogP) is 7.33. The van der Waals surface area contributed by atoms with Gasteiger partial charge in [0.25, 0.3) is 0 Å². The molecule has 0 saturated carbocycles. The molecule has 2 atom stereocenters. The van der Waals surface area contributed by atoms with Crippen LogP contribution in [0, 0.1) is 5.82 Å². The SMILES string of the molecule is COc1cccc(NC(=O)C[C@@]2(C)NCCc3cc(OCC4CCCCO4)c(Oc4ccc(-c5ccc(C(=O)O)cc5)c(F)c4)cc32)c1. The van der Waals surface area contributed by atoms with Gasteiger partial charge in [0.15, 0.2) is 11.5 Å². The van der Waals surface area contributed by atoms with Crippen LogP contribution in [-0.4, -0.2) is 50.0 Å². The van der Waals surface area contributed by atoms with Gasteiger partial charge in [-0.25, -0.2) is 9.18 Å². The number of halogens is 1. The molecule has 10 heteroatoms. The molecule has 48 heavy (non-hydrogen) atoms. The number of hydrogen-bond donors (Lipinski definition) is 3. The molecule has 2 aliphatic rings. The molecule has 1 amide bonds. The smallest absolute Gasteiger partial charge is 0.335 e. The maximum absolute atomic E-state index is 15.4. The van der Waals surface area contributed by atoms with Gasteiger partial charge < -0.3 is 34.7 Å². The van der Waals surface area contributed by atoms with Crippen molar-refractivity contribution >= 4 is 17.6 Å². The number of carboxylic acid groups (broad SMARTS) is 1. The van der Waals surface area contributed by atoms with Crippen molar-refractivity contribution in [2.24, 2.45) is 0 Å². The summed E-state index contributed by atoms with van der Waals surface area (Å²) in [4.78, 5) is 24.6. The summed E-state index contributed by atoms with van der Waals surface area (Å²) in [5.74, 6) is 0.0804. The number of carbonyl (C=O) groups excluding carboxylic acids is 1. The Kier molecular flexibility index (Phi) is 9.93. The molecule has 0 aromatic heterocycles. The van der Waals surface area contributed by atoms with E-state index < -0.39 is 17.3 Å². The molecule has 3 N–H and O–H groups in total. The minimum absolute atomic E-state index is 0.0286. The van der Waals surface area contributed by atoms with E-state index in [1.807, 2.05) is 37.3 Å². The van der Waals surface area contributed by atoms with Crippen LogP contribution in [0.4, 0.5) is 10.1 Å². The zero-order valence-electron chi connectivity index (χ0n) is 27.0. The van der Waals surface area contributed by atoms with E-state index >= 15 is 4.39 Å². The van der Waals surface area contributed by atoms with Crippen molar-refractivity contribution in [1.29, 1.82) is 0 Å². The summed E-state index contributed by atoms with van der Waals surface area (Å²) in [5.41, 5.74) is 2.82. The van der Waals surface area contributed by atoms with Crippen LogP contribution >= 0.6 is 0 Å². The molecule has 1 unspecified atom stereocenters. The Bertz CT molecular complexity index is 1790. The van der Waals surface area contributed by atoms with Crippen LogP contribution in [0.1, 0.15) is 54.1 Å². The van der Waals surface area contributed by atoms with E-state index in [4.69, 9.17) is 18.9 Å². The van der Waals surface area contributed by atoms with E-state index in [9.17, 15) is 14.7 Å². The fraction of sp³-hybridized carbons (Fsp3) is 0.316. The topological polar surface area (TPSA) is 115 Å². The maximum Gasteiger partial charge on any atom is 0.335 e. The van der Waals surface area contributed by atoms with Crippen molar-refractivity contribution in [3.8, 4) is 34.1 Å². The molecule has 2 heterocycles. The average molecular weight is 655 g/mol. The standard InChI is InChI=1S/C38H39FN2O7/c1-38(22-36(42)41-27-6-5-8-28(19-27)45-2)32-21-35(34(18-26(32)15-16-40-38)47-23-30-7-3-4-17-46-30)48-29-13-14-31(33(39)20-29)24-9-11-25(12-10-24)37(43)44/h5-6,8-14,18-21,30,40H,3-4,7,15-17,22-23H2,1-2H3,(H,41,42)(H,43,44)/t30?,38-/m1/s1. The van der Waals surface area contributed by atoms with Crippen molar-refractivity contribution in [3.05, 3.63) is 101 Å². The van der Waals surface area contributed by atoms with Crippen LogP contribution in [0.3, 0.4) is 0 Å². The first-order chi connectivity index (χ1) is 23.2. The molecule has 0 spiro atoms. The van der Waals surface area contributed by atoms with Gasteiger partial charge in [-0.05, 0) is 97.8 Å². The third kappa shape index (κ3) is 7.61. The molecule has 6 rings (SSSR count). The average Bonchev–Trinajstić information content (AvgIpc) is 3.08. The summed E-state index contributed by atoms with van der Waals surface area (Å²) in [6.45, 7) is 3.71. The van der Waals surface area contributed by atoms with Crippen LogP contribution in [-0.2, 0) is 21.5 Å². The van der Waals surface area contributed by atoms with Gasteiger partial charge in [-0.1, -0.05) is 18.2 Å². The Morgan fingerprint density at radius 1 is 1.02 bits per heavy atom. The fourth-order valence-electron chi connectivity index (χ4n) is 6.30. The number of ether oxygens (including phenoxy) is 4. The molecule has 250 valence electrons. The molecule has 4 aromatic rings. The monoisotopic (exact) mass is 654 g/mol. The highest BCUT2D eigenvalue weighted by Gasteiger charge is 2.35. The molecule has 1 saturated heterocycles. The van der Waals surface area contributed by atoms with Crippen LogP contribution in [0.2, 0.25) is 0 Å². The van der Waals surface area contributed by atoms with Crippen LogP contribution in [0.15, 0.2) is 78.9 Å². The summed E-state index contributed by atoms with van der Waals surface area (Å²) >= 11 is 0. The number of benzene rings is 4. The lowest BCUT2D eigenvalue weighted by Gasteiger charge is -2.37. The number of rotatable bonds is 11. The second kappa shape index (κ2) is 14.5. The second-order valence-corrected chi connectivity index (χ2v) is 12.3. The number of fused-ring (bicyclic) bond motifs is 1. The molecule has 0 aliphatic carbocycles. The highest BCUT2D eigenvalue weighted by molar-refractivity contribution is 5.92. The summed E-state index contributed by atoms with van der Waals surface area (Å²) < 4.78 is 39.3. The highest BCUT2D eigenvalue weighted by atomic mass is 19.1. The van der Waals surface area contributed by atoms with E-state index in [1.54, 1.807) is 37.4 Å². The zero-order chi connectivity index (χ0) is 33.7. The quantitative estimate of drug-likeness (QED) is 0.154. The van der Waals surface area contributed by atoms with Crippen LogP contribution in [0.5, 0.6) is 23.0 Å². The van der Waals surface area contributed by atoms with Crippen molar-refractivity contribution in [2.45, 2.75) is 50.7 Å². The number of amides is 1. The first kappa shape index (κ1) is 33.0. The van der Waals surface area contributed by atoms with Gasteiger partial charge in [-0.3, -0.25) is 4.79 Å². The molecular weight excluding hydrogens is 615 g/mol. The number of hydrogen-bond acceptors (Lipinski definition) is 7. The summed E-state index contributed by atoms with van der Waals surface area (Å²) in [6, 6.07) is 21.6.